The number of fused-ring (bicyclic) bond motifs is 2. The number of hydrogen-bond acceptors (Lipinski definition) is 4. The summed E-state index contributed by atoms with van der Waals surface area (Å²) in [5.74, 6) is 1.99. The number of aryl methyl sites for hydroxylation is 1. The van der Waals surface area contributed by atoms with E-state index in [1.807, 2.05) is 31.3 Å². The highest BCUT2D eigenvalue weighted by atomic mass is 16.3. The first-order chi connectivity index (χ1) is 21.1. The zero-order valence-electron chi connectivity index (χ0n) is 25.9. The van der Waals surface area contributed by atoms with E-state index in [0.717, 1.165) is 71.3 Å². The van der Waals surface area contributed by atoms with E-state index in [4.69, 9.17) is 4.42 Å². The minimum Gasteiger partial charge on any atom is -0.398 e. The fraction of sp³-hybridized carbons (Fsp3) is 0.351. The van der Waals surface area contributed by atoms with Crippen molar-refractivity contribution >= 4 is 40.0 Å². The van der Waals surface area contributed by atoms with Crippen molar-refractivity contribution in [2.45, 2.75) is 58.3 Å². The summed E-state index contributed by atoms with van der Waals surface area (Å²) < 4.78 is 8.36. The number of hydrogen-bond donors (Lipinski definition) is 1. The van der Waals surface area contributed by atoms with Crippen LogP contribution in [0.3, 0.4) is 0 Å². The fourth-order valence-corrected chi connectivity index (χ4v) is 5.76. The summed E-state index contributed by atoms with van der Waals surface area (Å²) in [5, 5.41) is 3.12. The minimum absolute atomic E-state index is 0.141. The molecule has 4 aromatic rings. The lowest BCUT2D eigenvalue weighted by atomic mass is 9.97. The molecule has 0 unspecified atom stereocenters. The Balaban J connectivity index is 1.35. The number of carbonyl (C=O) groups excluding carboxylic acids is 1. The quantitative estimate of drug-likeness (QED) is 0.122. The molecule has 0 spiro atoms. The fourth-order valence-electron chi connectivity index (χ4n) is 5.76. The van der Waals surface area contributed by atoms with Gasteiger partial charge in [0.2, 0.25) is 11.5 Å². The third-order valence-electron chi connectivity index (χ3n) is 8.18. The van der Waals surface area contributed by atoms with Crippen LogP contribution in [0.15, 0.2) is 95.2 Å². The first kappa shape index (κ1) is 30.1. The third-order valence-corrected chi connectivity index (χ3v) is 8.18. The number of unbranched alkanes of at least 4 members (excludes halogenated alkanes) is 5. The van der Waals surface area contributed by atoms with Gasteiger partial charge in [-0.25, -0.2) is 0 Å². The van der Waals surface area contributed by atoms with Crippen LogP contribution in [0.2, 0.25) is 0 Å². The second-order valence-corrected chi connectivity index (χ2v) is 11.4. The Kier molecular flexibility index (Phi) is 10.3. The topological polar surface area (TPSA) is 52.6 Å². The molecule has 0 saturated carbocycles. The second kappa shape index (κ2) is 14.7. The van der Waals surface area contributed by atoms with Crippen molar-refractivity contribution in [2.24, 2.45) is 7.05 Å². The van der Waals surface area contributed by atoms with Crippen LogP contribution in [0, 0.1) is 0 Å². The van der Waals surface area contributed by atoms with Gasteiger partial charge < -0.3 is 14.6 Å². The van der Waals surface area contributed by atoms with E-state index < -0.39 is 0 Å². The Morgan fingerprint density at radius 1 is 0.907 bits per heavy atom. The molecular formula is C37H45N4O2+. The van der Waals surface area contributed by atoms with Crippen molar-refractivity contribution in [3.05, 3.63) is 102 Å². The summed E-state index contributed by atoms with van der Waals surface area (Å²) >= 11 is 0. The summed E-state index contributed by atoms with van der Waals surface area (Å²) in [6.07, 6.45) is 13.0. The lowest BCUT2D eigenvalue weighted by molar-refractivity contribution is -0.651. The van der Waals surface area contributed by atoms with Crippen LogP contribution in [0.4, 0.5) is 11.4 Å². The lowest BCUT2D eigenvalue weighted by Gasteiger charge is -2.38. The Morgan fingerprint density at radius 3 is 2.44 bits per heavy atom. The van der Waals surface area contributed by atoms with Crippen molar-refractivity contribution in [3.63, 3.8) is 0 Å². The van der Waals surface area contributed by atoms with Gasteiger partial charge in [-0.15, -0.1) is 0 Å². The number of amides is 1. The van der Waals surface area contributed by atoms with Crippen molar-refractivity contribution in [2.75, 3.05) is 25.0 Å². The molecule has 43 heavy (non-hydrogen) atoms. The highest BCUT2D eigenvalue weighted by Crippen LogP contribution is 2.42. The average Bonchev–Trinajstić information content (AvgIpc) is 3.35. The summed E-state index contributed by atoms with van der Waals surface area (Å²) in [6.45, 7) is 3.77. The van der Waals surface area contributed by atoms with Crippen LogP contribution < -0.4 is 14.8 Å². The van der Waals surface area contributed by atoms with E-state index in [9.17, 15) is 4.79 Å². The molecule has 6 nitrogen and oxygen atoms in total. The molecule has 0 fully saturated rings. The molecule has 1 amide bonds. The molecule has 3 aromatic carbocycles. The maximum atomic E-state index is 12.6. The molecule has 6 heteroatoms. The van der Waals surface area contributed by atoms with Crippen molar-refractivity contribution in [3.8, 4) is 0 Å². The monoisotopic (exact) mass is 577 g/mol. The van der Waals surface area contributed by atoms with E-state index in [1.54, 1.807) is 0 Å². The summed E-state index contributed by atoms with van der Waals surface area (Å²) in [5.41, 5.74) is 6.34. The van der Waals surface area contributed by atoms with Gasteiger partial charge >= 0.3 is 5.89 Å². The highest BCUT2D eigenvalue weighted by Gasteiger charge is 2.28. The predicted octanol–water partition coefficient (Wildman–Crippen LogP) is 7.98. The van der Waals surface area contributed by atoms with Crippen molar-refractivity contribution < 1.29 is 13.8 Å². The first-order valence-electron chi connectivity index (χ1n) is 15.8. The largest absolute Gasteiger partial charge is 0.398 e. The summed E-state index contributed by atoms with van der Waals surface area (Å²) in [6, 6.07) is 27.1. The molecule has 0 saturated heterocycles. The number of benzene rings is 3. The maximum absolute atomic E-state index is 12.6. The van der Waals surface area contributed by atoms with Gasteiger partial charge in [-0.1, -0.05) is 87.6 Å². The Labute approximate surface area is 256 Å². The maximum Gasteiger partial charge on any atom is 0.374 e. The van der Waals surface area contributed by atoms with Gasteiger partial charge in [0.1, 0.15) is 12.9 Å². The number of nitrogens with one attached hydrogen (secondary N) is 1. The van der Waals surface area contributed by atoms with Crippen molar-refractivity contribution in [1.82, 2.24) is 10.2 Å². The average molecular weight is 578 g/mol. The smallest absolute Gasteiger partial charge is 0.374 e. The summed E-state index contributed by atoms with van der Waals surface area (Å²) in [4.78, 5) is 17.1. The van der Waals surface area contributed by atoms with Crippen molar-refractivity contribution in [1.29, 1.82) is 0 Å². The number of allylic oxidation sites excluding steroid dienone is 2. The molecule has 0 aliphatic carbocycles. The number of rotatable bonds is 14. The van der Waals surface area contributed by atoms with Crippen LogP contribution in [0.1, 0.15) is 69.7 Å². The van der Waals surface area contributed by atoms with Crippen LogP contribution in [0.25, 0.3) is 22.7 Å². The number of nitrogens with zero attached hydrogens (tertiary/aromatic N) is 3. The molecule has 1 N–H and O–H groups in total. The molecule has 0 bridgehead atoms. The van der Waals surface area contributed by atoms with Gasteiger partial charge in [0, 0.05) is 43.9 Å². The van der Waals surface area contributed by atoms with Gasteiger partial charge in [-0.05, 0) is 48.8 Å². The lowest BCUT2D eigenvalue weighted by Crippen LogP contribution is -2.34. The Bertz CT molecular complexity index is 1570. The van der Waals surface area contributed by atoms with Crippen LogP contribution in [-0.4, -0.2) is 30.9 Å². The number of aromatic nitrogens is 1. The van der Waals surface area contributed by atoms with Crippen LogP contribution in [0.5, 0.6) is 0 Å². The molecule has 224 valence electrons. The number of anilines is 2. The molecule has 1 aliphatic rings. The van der Waals surface area contributed by atoms with E-state index >= 15 is 0 Å². The molecule has 1 aliphatic heterocycles. The molecule has 0 radical (unpaired) electrons. The molecular weight excluding hydrogens is 532 g/mol. The molecule has 5 rings (SSSR count). The third kappa shape index (κ3) is 7.37. The standard InChI is InChI=1S/C37H44N4O2/c1-4-5-6-7-8-16-25-38-35(42)24-17-26-39(2)36-27-29(28-37-40(3)33-22-14-15-23-34(33)43-37)31-20-12-13-21-32(31)41(36)30-18-10-9-11-19-30/h9-15,18-23,27-28H,4-8,16-17,24-26H2,1-3H3/p+1. The Morgan fingerprint density at radius 2 is 1.63 bits per heavy atom. The van der Waals surface area contributed by atoms with E-state index in [0.29, 0.717) is 6.42 Å². The zero-order valence-corrected chi connectivity index (χ0v) is 25.9. The second-order valence-electron chi connectivity index (χ2n) is 11.4. The number of para-hydroxylation sites is 4. The number of oxazole rings is 1. The van der Waals surface area contributed by atoms with E-state index in [1.165, 1.54) is 32.1 Å². The Hall–Kier alpha value is -4.32. The van der Waals surface area contributed by atoms with Gasteiger partial charge in [-0.3, -0.25) is 9.69 Å². The summed E-state index contributed by atoms with van der Waals surface area (Å²) in [7, 11) is 4.15. The normalized spacial score (nSPS) is 13.7. The minimum atomic E-state index is 0.141. The van der Waals surface area contributed by atoms with Gasteiger partial charge in [0.05, 0.1) is 11.8 Å². The van der Waals surface area contributed by atoms with Crippen LogP contribution >= 0.6 is 0 Å². The molecule has 1 aromatic heterocycles. The number of carbonyl (C=O) groups is 1. The van der Waals surface area contributed by atoms with Gasteiger partial charge in [-0.2, -0.15) is 4.57 Å². The SMILES string of the molecule is CCCCCCCCNC(=O)CCCN(C)C1=C/C(=C\c2oc3ccccc3[n+]2C)c2ccccc2N1c1ccccc1. The molecule has 2 heterocycles. The predicted molar refractivity (Wildman–Crippen MR) is 177 cm³/mol. The molecule has 0 atom stereocenters. The first-order valence-corrected chi connectivity index (χ1v) is 15.8. The zero-order chi connectivity index (χ0) is 30.0. The van der Waals surface area contributed by atoms with Gasteiger partial charge in [0.15, 0.2) is 0 Å². The van der Waals surface area contributed by atoms with E-state index in [2.05, 4.69) is 100 Å². The highest BCUT2D eigenvalue weighted by molar-refractivity contribution is 5.96. The van der Waals surface area contributed by atoms with E-state index in [-0.39, 0.29) is 5.91 Å². The van der Waals surface area contributed by atoms with Gasteiger partial charge in [0.25, 0.3) is 5.52 Å². The van der Waals surface area contributed by atoms with Crippen LogP contribution in [-0.2, 0) is 11.8 Å².